The second-order valence-electron chi connectivity index (χ2n) is 4.93. The fourth-order valence-electron chi connectivity index (χ4n) is 2.02. The van der Waals surface area contributed by atoms with Gasteiger partial charge in [-0.15, -0.1) is 0 Å². The molecule has 0 fully saturated rings. The summed E-state index contributed by atoms with van der Waals surface area (Å²) in [5.74, 6) is -0.0751. The number of benzene rings is 2. The highest BCUT2D eigenvalue weighted by molar-refractivity contribution is 9.10. The molecule has 2 aromatic rings. The van der Waals surface area contributed by atoms with E-state index in [9.17, 15) is 9.59 Å². The van der Waals surface area contributed by atoms with Crippen molar-refractivity contribution < 1.29 is 23.8 Å². The zero-order valence-electron chi connectivity index (χ0n) is 13.9. The number of nitrogens with one attached hydrogen (secondary N) is 1. The van der Waals surface area contributed by atoms with Gasteiger partial charge >= 0.3 is 5.97 Å². The molecule has 6 nitrogen and oxygen atoms in total. The minimum atomic E-state index is -0.616. The van der Waals surface area contributed by atoms with E-state index in [-0.39, 0.29) is 12.2 Å². The standard InChI is InChI=1S/C18H18BrNO5/c1-3-24-16-10-12(4-9-15(16)23-2)18(22)25-11-17(21)20-14-7-5-13(19)6-8-14/h4-10H,3,11H2,1-2H3,(H,20,21). The molecule has 0 heterocycles. The van der Waals surface area contributed by atoms with Crippen molar-refractivity contribution in [3.8, 4) is 11.5 Å². The molecule has 0 aliphatic rings. The van der Waals surface area contributed by atoms with E-state index in [0.29, 0.717) is 23.8 Å². The Morgan fingerprint density at radius 3 is 2.44 bits per heavy atom. The zero-order chi connectivity index (χ0) is 18.2. The van der Waals surface area contributed by atoms with Crippen molar-refractivity contribution >= 4 is 33.5 Å². The largest absolute Gasteiger partial charge is 0.493 e. The average Bonchev–Trinajstić information content (AvgIpc) is 2.62. The Morgan fingerprint density at radius 1 is 1.08 bits per heavy atom. The van der Waals surface area contributed by atoms with E-state index >= 15 is 0 Å². The zero-order valence-corrected chi connectivity index (χ0v) is 15.5. The van der Waals surface area contributed by atoms with Crippen LogP contribution in [0.15, 0.2) is 46.9 Å². The van der Waals surface area contributed by atoms with Gasteiger partial charge in [0.1, 0.15) is 0 Å². The molecule has 1 amide bonds. The summed E-state index contributed by atoms with van der Waals surface area (Å²) in [5, 5.41) is 2.64. The van der Waals surface area contributed by atoms with Gasteiger partial charge in [0.15, 0.2) is 18.1 Å². The fourth-order valence-corrected chi connectivity index (χ4v) is 2.28. The molecule has 0 spiro atoms. The van der Waals surface area contributed by atoms with Crippen LogP contribution in [0.25, 0.3) is 0 Å². The molecule has 0 saturated heterocycles. The van der Waals surface area contributed by atoms with Crippen molar-refractivity contribution in [3.63, 3.8) is 0 Å². The van der Waals surface area contributed by atoms with E-state index in [2.05, 4.69) is 21.2 Å². The lowest BCUT2D eigenvalue weighted by Gasteiger charge is -2.11. The van der Waals surface area contributed by atoms with Crippen molar-refractivity contribution in [3.05, 3.63) is 52.5 Å². The molecule has 0 saturated carbocycles. The molecule has 0 aliphatic carbocycles. The van der Waals surface area contributed by atoms with Crippen LogP contribution in [0.2, 0.25) is 0 Å². The number of methoxy groups -OCH3 is 1. The maximum atomic E-state index is 12.1. The maximum absolute atomic E-state index is 12.1. The highest BCUT2D eigenvalue weighted by Gasteiger charge is 2.14. The van der Waals surface area contributed by atoms with Crippen LogP contribution in [0.1, 0.15) is 17.3 Å². The van der Waals surface area contributed by atoms with Gasteiger partial charge < -0.3 is 19.5 Å². The normalized spacial score (nSPS) is 10.0. The number of halogens is 1. The van der Waals surface area contributed by atoms with E-state index in [4.69, 9.17) is 14.2 Å². The first kappa shape index (κ1) is 18.8. The Bertz CT molecular complexity index is 746. The molecule has 0 aromatic heterocycles. The Morgan fingerprint density at radius 2 is 1.80 bits per heavy atom. The van der Waals surface area contributed by atoms with Crippen molar-refractivity contribution in [2.45, 2.75) is 6.92 Å². The van der Waals surface area contributed by atoms with Crippen molar-refractivity contribution in [1.29, 1.82) is 0 Å². The molecule has 7 heteroatoms. The minimum absolute atomic E-state index is 0.278. The smallest absolute Gasteiger partial charge is 0.338 e. The van der Waals surface area contributed by atoms with Gasteiger partial charge in [-0.05, 0) is 49.4 Å². The molecule has 0 bridgehead atoms. The van der Waals surface area contributed by atoms with Crippen LogP contribution in [0.5, 0.6) is 11.5 Å². The Balaban J connectivity index is 1.94. The third-order valence-electron chi connectivity index (χ3n) is 3.16. The number of ether oxygens (including phenoxy) is 3. The number of amides is 1. The Labute approximate surface area is 154 Å². The van der Waals surface area contributed by atoms with Crippen LogP contribution < -0.4 is 14.8 Å². The first-order valence-electron chi connectivity index (χ1n) is 7.57. The summed E-state index contributed by atoms with van der Waals surface area (Å²) >= 11 is 3.31. The molecular weight excluding hydrogens is 390 g/mol. The number of hydrogen-bond acceptors (Lipinski definition) is 5. The lowest BCUT2D eigenvalue weighted by atomic mass is 10.2. The summed E-state index contributed by atoms with van der Waals surface area (Å²) in [6.45, 7) is 1.88. The summed E-state index contributed by atoms with van der Waals surface area (Å²) < 4.78 is 16.5. The van der Waals surface area contributed by atoms with E-state index in [0.717, 1.165) is 4.47 Å². The molecule has 0 unspecified atom stereocenters. The van der Waals surface area contributed by atoms with Crippen LogP contribution in [0.4, 0.5) is 5.69 Å². The van der Waals surface area contributed by atoms with Gasteiger partial charge in [-0.3, -0.25) is 4.79 Å². The fraction of sp³-hybridized carbons (Fsp3) is 0.222. The molecule has 2 rings (SSSR count). The predicted octanol–water partition coefficient (Wildman–Crippen LogP) is 3.65. The van der Waals surface area contributed by atoms with Crippen molar-refractivity contribution in [1.82, 2.24) is 0 Å². The summed E-state index contributed by atoms with van der Waals surface area (Å²) in [6.07, 6.45) is 0. The maximum Gasteiger partial charge on any atom is 0.338 e. The van der Waals surface area contributed by atoms with Crippen LogP contribution in [-0.4, -0.2) is 32.2 Å². The lowest BCUT2D eigenvalue weighted by molar-refractivity contribution is -0.119. The first-order valence-corrected chi connectivity index (χ1v) is 8.36. The number of hydrogen-bond donors (Lipinski definition) is 1. The molecule has 0 atom stereocenters. The topological polar surface area (TPSA) is 73.9 Å². The van der Waals surface area contributed by atoms with Gasteiger partial charge in [0.25, 0.3) is 5.91 Å². The molecular formula is C18H18BrNO5. The minimum Gasteiger partial charge on any atom is -0.493 e. The molecule has 0 radical (unpaired) electrons. The van der Waals surface area contributed by atoms with E-state index in [1.807, 2.05) is 6.92 Å². The summed E-state index contributed by atoms with van der Waals surface area (Å²) in [5.41, 5.74) is 0.896. The number of anilines is 1. The van der Waals surface area contributed by atoms with Crippen molar-refractivity contribution in [2.24, 2.45) is 0 Å². The van der Waals surface area contributed by atoms with Gasteiger partial charge in [-0.25, -0.2) is 4.79 Å². The third-order valence-corrected chi connectivity index (χ3v) is 3.69. The van der Waals surface area contributed by atoms with Gasteiger partial charge in [0.05, 0.1) is 19.3 Å². The number of carbonyl (C=O) groups excluding carboxylic acids is 2. The highest BCUT2D eigenvalue weighted by Crippen LogP contribution is 2.28. The monoisotopic (exact) mass is 407 g/mol. The van der Waals surface area contributed by atoms with Gasteiger partial charge in [-0.1, -0.05) is 15.9 Å². The van der Waals surface area contributed by atoms with Crippen LogP contribution in [0.3, 0.4) is 0 Å². The Hall–Kier alpha value is -2.54. The molecule has 1 N–H and O–H groups in total. The summed E-state index contributed by atoms with van der Waals surface area (Å²) in [4.78, 5) is 24.0. The average molecular weight is 408 g/mol. The van der Waals surface area contributed by atoms with Crippen LogP contribution in [-0.2, 0) is 9.53 Å². The van der Waals surface area contributed by atoms with Crippen molar-refractivity contribution in [2.75, 3.05) is 25.6 Å². The molecule has 0 aliphatic heterocycles. The number of rotatable bonds is 7. The molecule has 25 heavy (non-hydrogen) atoms. The SMILES string of the molecule is CCOc1cc(C(=O)OCC(=O)Nc2ccc(Br)cc2)ccc1OC. The van der Waals surface area contributed by atoms with Crippen LogP contribution >= 0.6 is 15.9 Å². The second-order valence-corrected chi connectivity index (χ2v) is 5.85. The third kappa shape index (κ3) is 5.49. The van der Waals surface area contributed by atoms with Gasteiger partial charge in [-0.2, -0.15) is 0 Å². The number of esters is 1. The first-order chi connectivity index (χ1) is 12.0. The highest BCUT2D eigenvalue weighted by atomic mass is 79.9. The predicted molar refractivity (Wildman–Crippen MR) is 97.2 cm³/mol. The summed E-state index contributed by atoms with van der Waals surface area (Å²) in [6, 6.07) is 11.8. The molecule has 132 valence electrons. The second kappa shape index (κ2) is 9.08. The van der Waals surface area contributed by atoms with Crippen LogP contribution in [0, 0.1) is 0 Å². The molecule has 2 aromatic carbocycles. The van der Waals surface area contributed by atoms with E-state index < -0.39 is 11.9 Å². The van der Waals surface area contributed by atoms with Gasteiger partial charge in [0, 0.05) is 10.2 Å². The van der Waals surface area contributed by atoms with E-state index in [1.165, 1.54) is 13.2 Å². The lowest BCUT2D eigenvalue weighted by Crippen LogP contribution is -2.20. The van der Waals surface area contributed by atoms with Gasteiger partial charge in [0.2, 0.25) is 0 Å². The van der Waals surface area contributed by atoms with E-state index in [1.54, 1.807) is 36.4 Å². The Kier molecular flexibility index (Phi) is 6.82. The summed E-state index contributed by atoms with van der Waals surface area (Å²) in [7, 11) is 1.52. The number of carbonyl (C=O) groups is 2. The quantitative estimate of drug-likeness (QED) is 0.708.